The lowest BCUT2D eigenvalue weighted by Crippen LogP contribution is -2.14. The van der Waals surface area contributed by atoms with Gasteiger partial charge in [-0.25, -0.2) is 0 Å². The summed E-state index contributed by atoms with van der Waals surface area (Å²) in [5.41, 5.74) is 19.8. The van der Waals surface area contributed by atoms with E-state index in [4.69, 9.17) is 0 Å². The van der Waals surface area contributed by atoms with Crippen molar-refractivity contribution in [3.05, 3.63) is 242 Å². The molecule has 0 radical (unpaired) electrons. The van der Waals surface area contributed by atoms with E-state index < -0.39 is 0 Å². The lowest BCUT2D eigenvalue weighted by Gasteiger charge is -2.22. The summed E-state index contributed by atoms with van der Waals surface area (Å²) in [6.07, 6.45) is 0. The van der Waals surface area contributed by atoms with Crippen molar-refractivity contribution < 1.29 is 0 Å². The number of hydrogen-bond donors (Lipinski definition) is 0. The summed E-state index contributed by atoms with van der Waals surface area (Å²) in [5.74, 6) is 0. The Balaban J connectivity index is 1.07. The Labute approximate surface area is 389 Å². The first-order valence-corrected chi connectivity index (χ1v) is 23.4. The van der Waals surface area contributed by atoms with Gasteiger partial charge in [-0.05, 0) is 138 Å². The van der Waals surface area contributed by atoms with E-state index >= 15 is 0 Å². The number of para-hydroxylation sites is 4. The second-order valence-electron chi connectivity index (χ2n) is 18.8. The standard InChI is InChI=1S/C65H44N2/c1-65(2)57-26-11-6-21-47(57)48-34-31-43(38-58(48)65)42-19-16-20-44(37-42)64-54-36-33-45(66-59-27-12-7-22-49(59)50-23-8-13-28-60(50)66)39-55(54)63(41-17-4-3-5-18-41)53-35-32-46(40-56(53)64)67-61-29-14-9-24-51(61)52-25-10-15-30-62(52)67/h3-40H,1-2H3. The van der Waals surface area contributed by atoms with Crippen molar-refractivity contribution >= 4 is 65.2 Å². The van der Waals surface area contributed by atoms with E-state index in [2.05, 4.69) is 254 Å². The fourth-order valence-electron chi connectivity index (χ4n) is 11.8. The van der Waals surface area contributed by atoms with E-state index in [9.17, 15) is 0 Å². The monoisotopic (exact) mass is 852 g/mol. The van der Waals surface area contributed by atoms with Crippen LogP contribution in [0.5, 0.6) is 0 Å². The number of fused-ring (bicyclic) bond motifs is 11. The molecule has 1 aliphatic carbocycles. The van der Waals surface area contributed by atoms with Crippen LogP contribution in [0.3, 0.4) is 0 Å². The Bertz CT molecular complexity index is 4070. The summed E-state index contributed by atoms with van der Waals surface area (Å²) in [7, 11) is 0. The minimum Gasteiger partial charge on any atom is -0.309 e. The molecule has 2 heterocycles. The molecule has 0 fully saturated rings. The van der Waals surface area contributed by atoms with Gasteiger partial charge >= 0.3 is 0 Å². The molecule has 11 aromatic carbocycles. The third-order valence-electron chi connectivity index (χ3n) is 14.9. The van der Waals surface area contributed by atoms with Crippen molar-refractivity contribution in [2.45, 2.75) is 19.3 Å². The Morgan fingerprint density at radius 1 is 0.269 bits per heavy atom. The minimum absolute atomic E-state index is 0.0868. The van der Waals surface area contributed by atoms with Crippen LogP contribution in [0, 0.1) is 0 Å². The molecule has 0 amide bonds. The van der Waals surface area contributed by atoms with Crippen LogP contribution in [0.2, 0.25) is 0 Å². The largest absolute Gasteiger partial charge is 0.309 e. The molecule has 0 saturated carbocycles. The molecule has 14 rings (SSSR count). The van der Waals surface area contributed by atoms with Crippen molar-refractivity contribution in [3.8, 4) is 55.9 Å². The molecule has 2 aromatic heterocycles. The fourth-order valence-corrected chi connectivity index (χ4v) is 11.8. The molecule has 0 unspecified atom stereocenters. The van der Waals surface area contributed by atoms with Gasteiger partial charge in [-0.2, -0.15) is 0 Å². The van der Waals surface area contributed by atoms with Gasteiger partial charge in [0.15, 0.2) is 0 Å². The predicted octanol–water partition coefficient (Wildman–Crippen LogP) is 17.5. The van der Waals surface area contributed by atoms with Crippen LogP contribution in [-0.4, -0.2) is 9.13 Å². The number of nitrogens with zero attached hydrogens (tertiary/aromatic N) is 2. The quantitative estimate of drug-likeness (QED) is 0.153. The third kappa shape index (κ3) is 5.51. The van der Waals surface area contributed by atoms with Crippen LogP contribution >= 0.6 is 0 Å². The van der Waals surface area contributed by atoms with Gasteiger partial charge in [0.05, 0.1) is 22.1 Å². The van der Waals surface area contributed by atoms with Gasteiger partial charge < -0.3 is 9.13 Å². The molecule has 0 saturated heterocycles. The molecule has 314 valence electrons. The van der Waals surface area contributed by atoms with Crippen LogP contribution < -0.4 is 0 Å². The number of aromatic nitrogens is 2. The molecule has 67 heavy (non-hydrogen) atoms. The van der Waals surface area contributed by atoms with E-state index in [0.29, 0.717) is 0 Å². The molecule has 0 spiro atoms. The molecule has 2 nitrogen and oxygen atoms in total. The first-order valence-electron chi connectivity index (χ1n) is 23.4. The molecule has 2 heteroatoms. The summed E-state index contributed by atoms with van der Waals surface area (Å²) in [6.45, 7) is 4.74. The van der Waals surface area contributed by atoms with Gasteiger partial charge in [0, 0.05) is 38.3 Å². The molecular formula is C65H44N2. The van der Waals surface area contributed by atoms with E-state index in [0.717, 1.165) is 11.4 Å². The second kappa shape index (κ2) is 14.3. The smallest absolute Gasteiger partial charge is 0.0541 e. The van der Waals surface area contributed by atoms with Crippen LogP contribution in [0.4, 0.5) is 0 Å². The Morgan fingerprint density at radius 3 is 1.27 bits per heavy atom. The van der Waals surface area contributed by atoms with Crippen molar-refractivity contribution in [3.63, 3.8) is 0 Å². The summed E-state index contributed by atoms with van der Waals surface area (Å²) < 4.78 is 4.90. The van der Waals surface area contributed by atoms with E-state index in [1.54, 1.807) is 0 Å². The summed E-state index contributed by atoms with van der Waals surface area (Å²) in [6, 6.07) is 85.9. The average molecular weight is 853 g/mol. The lowest BCUT2D eigenvalue weighted by molar-refractivity contribution is 0.660. The highest BCUT2D eigenvalue weighted by Crippen LogP contribution is 2.51. The number of rotatable bonds is 5. The summed E-state index contributed by atoms with van der Waals surface area (Å²) in [5, 5.41) is 9.92. The highest BCUT2D eigenvalue weighted by molar-refractivity contribution is 6.23. The van der Waals surface area contributed by atoms with Gasteiger partial charge in [-0.1, -0.05) is 184 Å². The van der Waals surface area contributed by atoms with Crippen molar-refractivity contribution in [1.82, 2.24) is 9.13 Å². The Morgan fingerprint density at radius 2 is 0.701 bits per heavy atom. The molecule has 0 N–H and O–H groups in total. The maximum Gasteiger partial charge on any atom is 0.0541 e. The normalized spacial score (nSPS) is 13.0. The number of benzene rings is 11. The van der Waals surface area contributed by atoms with Crippen molar-refractivity contribution in [2.24, 2.45) is 0 Å². The Hall–Kier alpha value is -8.46. The third-order valence-corrected chi connectivity index (χ3v) is 14.9. The van der Waals surface area contributed by atoms with Crippen molar-refractivity contribution in [1.29, 1.82) is 0 Å². The predicted molar refractivity (Wildman–Crippen MR) is 284 cm³/mol. The zero-order valence-electron chi connectivity index (χ0n) is 37.3. The fraction of sp³-hybridized carbons (Fsp3) is 0.0462. The maximum atomic E-state index is 2.46. The maximum absolute atomic E-state index is 2.46. The van der Waals surface area contributed by atoms with Gasteiger partial charge in [-0.15, -0.1) is 0 Å². The average Bonchev–Trinajstić information content (AvgIpc) is 3.98. The molecule has 0 aliphatic heterocycles. The highest BCUT2D eigenvalue weighted by Gasteiger charge is 2.35. The SMILES string of the molecule is CC1(C)c2ccccc2-c2ccc(-c3cccc(-c4c5ccc(-n6c7ccccc7c7ccccc76)cc5c(-c5ccccc5)c5ccc(-n6c7ccccc7c7ccccc76)cc45)c3)cc21. The first-order chi connectivity index (χ1) is 33.0. The van der Waals surface area contributed by atoms with E-state index in [1.807, 2.05) is 0 Å². The van der Waals surface area contributed by atoms with Crippen LogP contribution in [0.25, 0.3) is 121 Å². The van der Waals surface area contributed by atoms with Crippen LogP contribution in [0.15, 0.2) is 231 Å². The Kier molecular flexibility index (Phi) is 8.06. The van der Waals surface area contributed by atoms with Gasteiger partial charge in [0.1, 0.15) is 0 Å². The van der Waals surface area contributed by atoms with Gasteiger partial charge in [0.2, 0.25) is 0 Å². The zero-order valence-corrected chi connectivity index (χ0v) is 37.3. The van der Waals surface area contributed by atoms with Gasteiger partial charge in [0.25, 0.3) is 0 Å². The molecule has 13 aromatic rings. The summed E-state index contributed by atoms with van der Waals surface area (Å²) in [4.78, 5) is 0. The van der Waals surface area contributed by atoms with Crippen LogP contribution in [-0.2, 0) is 5.41 Å². The van der Waals surface area contributed by atoms with Crippen LogP contribution in [0.1, 0.15) is 25.0 Å². The second-order valence-corrected chi connectivity index (χ2v) is 18.8. The zero-order chi connectivity index (χ0) is 44.4. The van der Waals surface area contributed by atoms with E-state index in [-0.39, 0.29) is 5.41 Å². The van der Waals surface area contributed by atoms with E-state index in [1.165, 1.54) is 121 Å². The highest BCUT2D eigenvalue weighted by atomic mass is 15.0. The van der Waals surface area contributed by atoms with Crippen molar-refractivity contribution in [2.75, 3.05) is 0 Å². The van der Waals surface area contributed by atoms with Gasteiger partial charge in [-0.3, -0.25) is 0 Å². The minimum atomic E-state index is -0.0868. The number of hydrogen-bond acceptors (Lipinski definition) is 0. The molecule has 0 atom stereocenters. The summed E-state index contributed by atoms with van der Waals surface area (Å²) >= 11 is 0. The lowest BCUT2D eigenvalue weighted by atomic mass is 9.81. The molecular weight excluding hydrogens is 809 g/mol. The first kappa shape index (κ1) is 37.9. The molecule has 1 aliphatic rings. The molecule has 0 bridgehead atoms. The topological polar surface area (TPSA) is 9.86 Å².